The van der Waals surface area contributed by atoms with Gasteiger partial charge in [0, 0.05) is 31.8 Å². The number of nitrogens with one attached hydrogen (secondary N) is 1. The number of rotatable bonds is 6. The predicted molar refractivity (Wildman–Crippen MR) is 123 cm³/mol. The molecule has 5 nitrogen and oxygen atoms in total. The number of pyridine rings is 1. The first-order chi connectivity index (χ1) is 15.0. The summed E-state index contributed by atoms with van der Waals surface area (Å²) in [6.45, 7) is 3.36. The summed E-state index contributed by atoms with van der Waals surface area (Å²) in [5.74, 6) is -0.298. The molecule has 0 radical (unpaired) electrons. The number of methoxy groups -OCH3 is 1. The molecular weight excluding hydrogens is 388 g/mol. The van der Waals surface area contributed by atoms with Gasteiger partial charge in [-0.1, -0.05) is 49.4 Å². The average Bonchev–Trinajstić information content (AvgIpc) is 2.81. The molecule has 0 saturated heterocycles. The van der Waals surface area contributed by atoms with Crippen LogP contribution in [0.4, 0.5) is 0 Å². The number of hydrogen-bond donors (Lipinski definition) is 1. The number of hydrogen-bond acceptors (Lipinski definition) is 3. The highest BCUT2D eigenvalue weighted by molar-refractivity contribution is 5.97. The Labute approximate surface area is 183 Å². The molecule has 0 bridgehead atoms. The maximum Gasteiger partial charge on any atom is 0.256 e. The first-order valence-electron chi connectivity index (χ1n) is 11.0. The third-order valence-corrected chi connectivity index (χ3v) is 6.58. The SMILES string of the molecule is COC1CCC(C)(CNC(=O)c2cn(Cc3ccccc3)c3ccccc3c2=O)CC1. The maximum absolute atomic E-state index is 13.1. The summed E-state index contributed by atoms with van der Waals surface area (Å²) in [5.41, 5.74) is 1.96. The van der Waals surface area contributed by atoms with Gasteiger partial charge in [0.15, 0.2) is 0 Å². The minimum atomic E-state index is -0.298. The molecule has 0 atom stereocenters. The number of carbonyl (C=O) groups is 1. The fourth-order valence-electron chi connectivity index (χ4n) is 4.51. The molecule has 0 spiro atoms. The van der Waals surface area contributed by atoms with Gasteiger partial charge in [0.2, 0.25) is 5.43 Å². The number of amides is 1. The van der Waals surface area contributed by atoms with Crippen LogP contribution in [0.3, 0.4) is 0 Å². The molecule has 1 aliphatic carbocycles. The molecule has 1 heterocycles. The Bertz CT molecular complexity index is 1110. The molecule has 1 aromatic heterocycles. The van der Waals surface area contributed by atoms with Crippen LogP contribution in [0.5, 0.6) is 0 Å². The van der Waals surface area contributed by atoms with Crippen LogP contribution in [0.25, 0.3) is 10.9 Å². The summed E-state index contributed by atoms with van der Waals surface area (Å²) in [6.07, 6.45) is 6.03. The van der Waals surface area contributed by atoms with Crippen molar-refractivity contribution in [2.75, 3.05) is 13.7 Å². The molecular formula is C26H30N2O3. The zero-order chi connectivity index (χ0) is 21.8. The zero-order valence-electron chi connectivity index (χ0n) is 18.3. The molecule has 5 heteroatoms. The summed E-state index contributed by atoms with van der Waals surface area (Å²) in [6, 6.07) is 17.5. The lowest BCUT2D eigenvalue weighted by atomic mass is 9.74. The third kappa shape index (κ3) is 4.72. The van der Waals surface area contributed by atoms with E-state index in [1.54, 1.807) is 19.4 Å². The minimum absolute atomic E-state index is 0.0323. The number of para-hydroxylation sites is 1. The van der Waals surface area contributed by atoms with Crippen LogP contribution in [0.1, 0.15) is 48.5 Å². The Morgan fingerprint density at radius 1 is 1.10 bits per heavy atom. The van der Waals surface area contributed by atoms with Gasteiger partial charge in [0.1, 0.15) is 5.56 Å². The molecule has 1 saturated carbocycles. The van der Waals surface area contributed by atoms with E-state index in [4.69, 9.17) is 4.74 Å². The fraction of sp³-hybridized carbons (Fsp3) is 0.385. The number of carbonyl (C=O) groups excluding carboxylic acids is 1. The smallest absolute Gasteiger partial charge is 0.256 e. The molecule has 1 amide bonds. The van der Waals surface area contributed by atoms with E-state index >= 15 is 0 Å². The lowest BCUT2D eigenvalue weighted by molar-refractivity contribution is 0.0323. The number of ether oxygens (including phenoxy) is 1. The van der Waals surface area contributed by atoms with Gasteiger partial charge in [-0.25, -0.2) is 0 Å². The van der Waals surface area contributed by atoms with Crippen LogP contribution in [-0.2, 0) is 11.3 Å². The van der Waals surface area contributed by atoms with E-state index in [1.165, 1.54) is 0 Å². The van der Waals surface area contributed by atoms with Gasteiger partial charge < -0.3 is 14.6 Å². The first-order valence-corrected chi connectivity index (χ1v) is 11.0. The van der Waals surface area contributed by atoms with Crippen molar-refractivity contribution in [2.45, 2.75) is 45.3 Å². The van der Waals surface area contributed by atoms with Crippen LogP contribution < -0.4 is 10.7 Å². The average molecular weight is 419 g/mol. The Morgan fingerprint density at radius 2 is 1.77 bits per heavy atom. The van der Waals surface area contributed by atoms with Crippen LogP contribution in [0.2, 0.25) is 0 Å². The zero-order valence-corrected chi connectivity index (χ0v) is 18.3. The van der Waals surface area contributed by atoms with E-state index in [0.717, 1.165) is 36.8 Å². The van der Waals surface area contributed by atoms with Crippen LogP contribution in [0.15, 0.2) is 65.6 Å². The van der Waals surface area contributed by atoms with Gasteiger partial charge in [0.25, 0.3) is 5.91 Å². The van der Waals surface area contributed by atoms with Crippen molar-refractivity contribution < 1.29 is 9.53 Å². The van der Waals surface area contributed by atoms with Crippen molar-refractivity contribution in [3.8, 4) is 0 Å². The lowest BCUT2D eigenvalue weighted by Gasteiger charge is -2.36. The standard InChI is InChI=1S/C26H30N2O3/c1-26(14-12-20(31-2)13-15-26)18-27-25(30)22-17-28(16-19-8-4-3-5-9-19)23-11-7-6-10-21(23)24(22)29/h3-11,17,20H,12-16,18H2,1-2H3,(H,27,30). The Kier molecular flexibility index (Phi) is 6.23. The topological polar surface area (TPSA) is 60.3 Å². The fourth-order valence-corrected chi connectivity index (χ4v) is 4.51. The van der Waals surface area contributed by atoms with Gasteiger partial charge >= 0.3 is 0 Å². The van der Waals surface area contributed by atoms with Crippen LogP contribution in [0, 0.1) is 5.41 Å². The van der Waals surface area contributed by atoms with E-state index in [1.807, 2.05) is 53.1 Å². The molecule has 31 heavy (non-hydrogen) atoms. The number of aromatic nitrogens is 1. The number of nitrogens with zero attached hydrogens (tertiary/aromatic N) is 1. The molecule has 3 aromatic rings. The highest BCUT2D eigenvalue weighted by Gasteiger charge is 2.31. The highest BCUT2D eigenvalue weighted by atomic mass is 16.5. The minimum Gasteiger partial charge on any atom is -0.381 e. The molecule has 0 unspecified atom stereocenters. The van der Waals surface area contributed by atoms with Gasteiger partial charge in [-0.3, -0.25) is 9.59 Å². The Morgan fingerprint density at radius 3 is 2.48 bits per heavy atom. The molecule has 1 N–H and O–H groups in total. The molecule has 162 valence electrons. The lowest BCUT2D eigenvalue weighted by Crippen LogP contribution is -2.40. The van der Waals surface area contributed by atoms with E-state index in [0.29, 0.717) is 24.6 Å². The summed E-state index contributed by atoms with van der Waals surface area (Å²) in [4.78, 5) is 26.2. The van der Waals surface area contributed by atoms with E-state index in [2.05, 4.69) is 12.2 Å². The van der Waals surface area contributed by atoms with Gasteiger partial charge in [-0.05, 0) is 48.8 Å². The van der Waals surface area contributed by atoms with E-state index < -0.39 is 0 Å². The summed E-state index contributed by atoms with van der Waals surface area (Å²) in [7, 11) is 1.76. The van der Waals surface area contributed by atoms with Crippen molar-refractivity contribution in [2.24, 2.45) is 5.41 Å². The summed E-state index contributed by atoms with van der Waals surface area (Å²) >= 11 is 0. The number of fused-ring (bicyclic) bond motifs is 1. The monoisotopic (exact) mass is 418 g/mol. The molecule has 1 fully saturated rings. The Balaban J connectivity index is 1.59. The largest absolute Gasteiger partial charge is 0.381 e. The third-order valence-electron chi connectivity index (χ3n) is 6.58. The van der Waals surface area contributed by atoms with Gasteiger partial charge in [-0.2, -0.15) is 0 Å². The van der Waals surface area contributed by atoms with Crippen molar-refractivity contribution in [3.63, 3.8) is 0 Å². The van der Waals surface area contributed by atoms with Crippen LogP contribution in [-0.4, -0.2) is 30.2 Å². The second kappa shape index (κ2) is 9.06. The van der Waals surface area contributed by atoms with Gasteiger partial charge in [-0.15, -0.1) is 0 Å². The van der Waals surface area contributed by atoms with Crippen molar-refractivity contribution in [3.05, 3.63) is 82.1 Å². The molecule has 1 aliphatic rings. The highest BCUT2D eigenvalue weighted by Crippen LogP contribution is 2.36. The number of benzene rings is 2. The molecule has 0 aliphatic heterocycles. The maximum atomic E-state index is 13.1. The summed E-state index contributed by atoms with van der Waals surface area (Å²) in [5, 5.41) is 3.61. The second-order valence-electron chi connectivity index (χ2n) is 8.93. The Hall–Kier alpha value is -2.92. The second-order valence-corrected chi connectivity index (χ2v) is 8.93. The molecule has 4 rings (SSSR count). The van der Waals surface area contributed by atoms with Crippen molar-refractivity contribution >= 4 is 16.8 Å². The van der Waals surface area contributed by atoms with Crippen molar-refractivity contribution in [1.82, 2.24) is 9.88 Å². The van der Waals surface area contributed by atoms with Crippen LogP contribution >= 0.6 is 0 Å². The van der Waals surface area contributed by atoms with Gasteiger partial charge in [0.05, 0.1) is 11.6 Å². The van der Waals surface area contributed by atoms with E-state index in [9.17, 15) is 9.59 Å². The summed E-state index contributed by atoms with van der Waals surface area (Å²) < 4.78 is 7.46. The quantitative estimate of drug-likeness (QED) is 0.646. The molecule has 2 aromatic carbocycles. The van der Waals surface area contributed by atoms with Crippen molar-refractivity contribution in [1.29, 1.82) is 0 Å². The predicted octanol–water partition coefficient (Wildman–Crippen LogP) is 4.37. The first kappa shape index (κ1) is 21.3. The van der Waals surface area contributed by atoms with E-state index in [-0.39, 0.29) is 22.3 Å². The normalized spacial score (nSPS) is 21.2.